The second-order valence-electron chi connectivity index (χ2n) is 8.86. The molecule has 2 unspecified atom stereocenters. The Labute approximate surface area is 203 Å². The molecule has 4 rings (SSSR count). The number of benzene rings is 2. The first kappa shape index (κ1) is 23.4. The number of hydrogen-bond donors (Lipinski definition) is 1. The Morgan fingerprint density at radius 1 is 0.938 bits per heavy atom. The minimum absolute atomic E-state index is 0.0255. The Morgan fingerprint density at radius 3 is 2.16 bits per heavy atom. The number of nitrogens with zero attached hydrogens (tertiary/aromatic N) is 2. The van der Waals surface area contributed by atoms with Gasteiger partial charge in [-0.3, -0.25) is 9.59 Å². The molecule has 2 aliphatic rings. The van der Waals surface area contributed by atoms with Crippen molar-refractivity contribution in [3.8, 4) is 0 Å². The highest BCUT2D eigenvalue weighted by Crippen LogP contribution is 2.34. The maximum atomic E-state index is 13.0. The van der Waals surface area contributed by atoms with Crippen LogP contribution in [0.15, 0.2) is 30.3 Å². The van der Waals surface area contributed by atoms with Gasteiger partial charge in [-0.25, -0.2) is 0 Å². The van der Waals surface area contributed by atoms with Crippen LogP contribution in [0.25, 0.3) is 0 Å². The summed E-state index contributed by atoms with van der Waals surface area (Å²) in [6.07, 6.45) is 0.419. The summed E-state index contributed by atoms with van der Waals surface area (Å²) >= 11 is 18.8. The number of hydrogen-bond acceptors (Lipinski definition) is 3. The van der Waals surface area contributed by atoms with Gasteiger partial charge in [0.15, 0.2) is 0 Å². The fraction of sp³-hybridized carbons (Fsp3) is 0.417. The maximum Gasteiger partial charge on any atom is 0.256 e. The number of amides is 2. The first-order valence-corrected chi connectivity index (χ1v) is 11.9. The molecule has 0 saturated carbocycles. The monoisotopic (exact) mass is 493 g/mol. The van der Waals surface area contributed by atoms with Crippen LogP contribution < -0.4 is 5.32 Å². The standard InChI is InChI=1S/C24H26Cl3N3O2/c1-14-7-20(26)23(21(27)8-14)24(32)30-12-16-10-29(11-17(16)13-30)6-5-22(31)28-18-4-3-15(2)19(25)9-18/h3-4,7-9,16-17H,5-6,10-13H2,1-2H3,(H,28,31). The SMILES string of the molecule is Cc1cc(Cl)c(C(=O)N2CC3CN(CCC(=O)Nc4ccc(C)c(Cl)c4)CC3C2)c(Cl)c1. The maximum absolute atomic E-state index is 13.0. The zero-order valence-corrected chi connectivity index (χ0v) is 20.4. The largest absolute Gasteiger partial charge is 0.338 e. The highest BCUT2D eigenvalue weighted by molar-refractivity contribution is 6.39. The Hall–Kier alpha value is -1.79. The third kappa shape index (κ3) is 5.07. The van der Waals surface area contributed by atoms with Gasteiger partial charge in [-0.05, 0) is 61.1 Å². The molecule has 2 heterocycles. The molecule has 2 amide bonds. The van der Waals surface area contributed by atoms with E-state index in [1.165, 1.54) is 0 Å². The number of halogens is 3. The molecular weight excluding hydrogens is 469 g/mol. The summed E-state index contributed by atoms with van der Waals surface area (Å²) in [7, 11) is 0. The number of carbonyl (C=O) groups is 2. The molecule has 0 spiro atoms. The van der Waals surface area contributed by atoms with Gasteiger partial charge in [0.1, 0.15) is 0 Å². The van der Waals surface area contributed by atoms with E-state index in [1.54, 1.807) is 18.2 Å². The highest BCUT2D eigenvalue weighted by Gasteiger charge is 2.42. The van der Waals surface area contributed by atoms with Gasteiger partial charge in [0.05, 0.1) is 15.6 Å². The molecule has 2 atom stereocenters. The predicted molar refractivity (Wildman–Crippen MR) is 130 cm³/mol. The van der Waals surface area contributed by atoms with E-state index in [2.05, 4.69) is 10.2 Å². The van der Waals surface area contributed by atoms with Gasteiger partial charge in [-0.15, -0.1) is 0 Å². The highest BCUT2D eigenvalue weighted by atomic mass is 35.5. The van der Waals surface area contributed by atoms with E-state index in [1.807, 2.05) is 30.9 Å². The Bertz CT molecular complexity index is 1020. The van der Waals surface area contributed by atoms with Crippen molar-refractivity contribution >= 4 is 52.3 Å². The number of fused-ring (bicyclic) bond motifs is 1. The van der Waals surface area contributed by atoms with Crippen molar-refractivity contribution in [2.45, 2.75) is 20.3 Å². The van der Waals surface area contributed by atoms with E-state index >= 15 is 0 Å². The van der Waals surface area contributed by atoms with E-state index in [0.29, 0.717) is 64.2 Å². The quantitative estimate of drug-likeness (QED) is 0.614. The van der Waals surface area contributed by atoms with Crippen molar-refractivity contribution in [3.63, 3.8) is 0 Å². The van der Waals surface area contributed by atoms with Crippen molar-refractivity contribution in [1.29, 1.82) is 0 Å². The van der Waals surface area contributed by atoms with E-state index in [9.17, 15) is 9.59 Å². The van der Waals surface area contributed by atoms with Crippen LogP contribution in [0.4, 0.5) is 5.69 Å². The molecule has 1 N–H and O–H groups in total. The summed E-state index contributed by atoms with van der Waals surface area (Å²) < 4.78 is 0. The van der Waals surface area contributed by atoms with Crippen LogP contribution in [0.2, 0.25) is 15.1 Å². The van der Waals surface area contributed by atoms with Crippen LogP contribution in [0.3, 0.4) is 0 Å². The molecule has 0 aromatic heterocycles. The average Bonchev–Trinajstić information content (AvgIpc) is 3.27. The zero-order chi connectivity index (χ0) is 23.0. The second-order valence-corrected chi connectivity index (χ2v) is 10.1. The van der Waals surface area contributed by atoms with Crippen LogP contribution in [-0.4, -0.2) is 54.3 Å². The molecule has 0 radical (unpaired) electrons. The van der Waals surface area contributed by atoms with E-state index in [-0.39, 0.29) is 11.8 Å². The Morgan fingerprint density at radius 2 is 1.56 bits per heavy atom. The molecular formula is C24H26Cl3N3O2. The van der Waals surface area contributed by atoms with Gasteiger partial charge in [0, 0.05) is 49.9 Å². The molecule has 32 heavy (non-hydrogen) atoms. The number of carbonyl (C=O) groups excluding carboxylic acids is 2. The summed E-state index contributed by atoms with van der Waals surface area (Å²) in [5.74, 6) is 0.682. The lowest BCUT2D eigenvalue weighted by atomic mass is 10.0. The molecule has 2 aromatic carbocycles. The van der Waals surface area contributed by atoms with E-state index in [4.69, 9.17) is 34.8 Å². The fourth-order valence-electron chi connectivity index (χ4n) is 4.65. The lowest BCUT2D eigenvalue weighted by Crippen LogP contribution is -2.34. The first-order valence-electron chi connectivity index (χ1n) is 10.7. The predicted octanol–water partition coefficient (Wildman–Crippen LogP) is 5.30. The number of rotatable bonds is 5. The average molecular weight is 495 g/mol. The molecule has 8 heteroatoms. The molecule has 170 valence electrons. The molecule has 2 fully saturated rings. The number of likely N-dealkylation sites (tertiary alicyclic amines) is 2. The third-order valence-electron chi connectivity index (χ3n) is 6.36. The second kappa shape index (κ2) is 9.60. The third-order valence-corrected chi connectivity index (χ3v) is 7.36. The van der Waals surface area contributed by atoms with Crippen LogP contribution in [0.1, 0.15) is 27.9 Å². The fourth-order valence-corrected chi connectivity index (χ4v) is 5.59. The molecule has 2 saturated heterocycles. The van der Waals surface area contributed by atoms with Crippen LogP contribution in [0.5, 0.6) is 0 Å². The van der Waals surface area contributed by atoms with Gasteiger partial charge in [0.25, 0.3) is 5.91 Å². The van der Waals surface area contributed by atoms with Crippen molar-refractivity contribution in [3.05, 3.63) is 62.1 Å². The lowest BCUT2D eigenvalue weighted by molar-refractivity contribution is -0.116. The Balaban J connectivity index is 1.27. The van der Waals surface area contributed by atoms with Crippen molar-refractivity contribution in [2.75, 3.05) is 38.0 Å². The molecule has 2 aliphatic heterocycles. The van der Waals surface area contributed by atoms with Gasteiger partial charge < -0.3 is 15.1 Å². The zero-order valence-electron chi connectivity index (χ0n) is 18.1. The summed E-state index contributed by atoms with van der Waals surface area (Å²) in [5.41, 5.74) is 3.02. The van der Waals surface area contributed by atoms with Crippen LogP contribution in [-0.2, 0) is 4.79 Å². The van der Waals surface area contributed by atoms with E-state index < -0.39 is 0 Å². The summed E-state index contributed by atoms with van der Waals surface area (Å²) in [6, 6.07) is 9.07. The molecule has 0 bridgehead atoms. The van der Waals surface area contributed by atoms with Crippen LogP contribution in [0, 0.1) is 25.7 Å². The number of nitrogens with one attached hydrogen (secondary N) is 1. The van der Waals surface area contributed by atoms with Gasteiger partial charge in [0.2, 0.25) is 5.91 Å². The van der Waals surface area contributed by atoms with Crippen LogP contribution >= 0.6 is 34.8 Å². The van der Waals surface area contributed by atoms with Crippen molar-refractivity contribution in [1.82, 2.24) is 9.80 Å². The summed E-state index contributed by atoms with van der Waals surface area (Å²) in [4.78, 5) is 29.5. The number of aryl methyl sites for hydroxylation is 2. The van der Waals surface area contributed by atoms with Crippen molar-refractivity contribution in [2.24, 2.45) is 11.8 Å². The molecule has 5 nitrogen and oxygen atoms in total. The normalized spacial score (nSPS) is 20.5. The topological polar surface area (TPSA) is 52.7 Å². The smallest absolute Gasteiger partial charge is 0.256 e. The summed E-state index contributed by atoms with van der Waals surface area (Å²) in [6.45, 7) is 7.67. The lowest BCUT2D eigenvalue weighted by Gasteiger charge is -2.22. The summed E-state index contributed by atoms with van der Waals surface area (Å²) in [5, 5.41) is 4.36. The van der Waals surface area contributed by atoms with Gasteiger partial charge in [-0.2, -0.15) is 0 Å². The van der Waals surface area contributed by atoms with E-state index in [0.717, 1.165) is 24.2 Å². The Kier molecular flexibility index (Phi) is 7.01. The van der Waals surface area contributed by atoms with Gasteiger partial charge in [-0.1, -0.05) is 40.9 Å². The van der Waals surface area contributed by atoms with Crippen molar-refractivity contribution < 1.29 is 9.59 Å². The molecule has 2 aromatic rings. The minimum atomic E-state index is -0.0999. The molecule has 0 aliphatic carbocycles. The number of anilines is 1. The first-order chi connectivity index (χ1) is 15.2. The van der Waals surface area contributed by atoms with Gasteiger partial charge >= 0.3 is 0 Å². The minimum Gasteiger partial charge on any atom is -0.338 e.